The molecule has 0 bridgehead atoms. The number of ether oxygens (including phenoxy) is 2. The van der Waals surface area contributed by atoms with E-state index in [0.717, 1.165) is 19.4 Å². The molecule has 0 spiro atoms. The van der Waals surface area contributed by atoms with E-state index in [4.69, 9.17) is 21.7 Å². The van der Waals surface area contributed by atoms with Gasteiger partial charge in [0.25, 0.3) is 0 Å². The van der Waals surface area contributed by atoms with Crippen molar-refractivity contribution < 1.29 is 14.3 Å². The standard InChI is InChI=1S/C11H21N3O3S/c1-11(2,3)17-10(15)14-13-9(18)12-7-8-5-4-6-16-8/h8H,4-7H2,1-3H3,(H,14,15)(H2,12,13,18)/t8-/m1/s1. The molecule has 1 saturated heterocycles. The molecule has 1 heterocycles. The van der Waals surface area contributed by atoms with Crippen molar-refractivity contribution in [1.29, 1.82) is 0 Å². The second-order valence-corrected chi connectivity index (χ2v) is 5.51. The van der Waals surface area contributed by atoms with Crippen LogP contribution in [0.2, 0.25) is 0 Å². The van der Waals surface area contributed by atoms with E-state index in [1.165, 1.54) is 0 Å². The van der Waals surface area contributed by atoms with Gasteiger partial charge in [0, 0.05) is 13.2 Å². The van der Waals surface area contributed by atoms with Crippen molar-refractivity contribution in [2.24, 2.45) is 0 Å². The van der Waals surface area contributed by atoms with Crippen molar-refractivity contribution in [3.63, 3.8) is 0 Å². The van der Waals surface area contributed by atoms with Gasteiger partial charge in [-0.1, -0.05) is 0 Å². The summed E-state index contributed by atoms with van der Waals surface area (Å²) in [5.41, 5.74) is 4.40. The highest BCUT2D eigenvalue weighted by molar-refractivity contribution is 7.80. The number of carbonyl (C=O) groups excluding carboxylic acids is 1. The van der Waals surface area contributed by atoms with Crippen LogP contribution in [0.15, 0.2) is 0 Å². The molecule has 7 heteroatoms. The molecule has 0 radical (unpaired) electrons. The van der Waals surface area contributed by atoms with E-state index in [1.54, 1.807) is 20.8 Å². The highest BCUT2D eigenvalue weighted by Crippen LogP contribution is 2.10. The van der Waals surface area contributed by atoms with Gasteiger partial charge in [-0.25, -0.2) is 10.2 Å². The van der Waals surface area contributed by atoms with Crippen LogP contribution in [0.25, 0.3) is 0 Å². The molecule has 3 N–H and O–H groups in total. The number of rotatable bonds is 2. The molecule has 0 saturated carbocycles. The summed E-state index contributed by atoms with van der Waals surface area (Å²) in [6, 6.07) is 0. The van der Waals surface area contributed by atoms with Gasteiger partial charge in [-0.05, 0) is 45.8 Å². The average molecular weight is 275 g/mol. The Morgan fingerprint density at radius 2 is 2.17 bits per heavy atom. The third kappa shape index (κ3) is 6.61. The van der Waals surface area contributed by atoms with Gasteiger partial charge in [0.1, 0.15) is 5.60 Å². The maximum Gasteiger partial charge on any atom is 0.426 e. The lowest BCUT2D eigenvalue weighted by molar-refractivity contribution is 0.0512. The monoisotopic (exact) mass is 275 g/mol. The van der Waals surface area contributed by atoms with Crippen molar-refractivity contribution in [3.8, 4) is 0 Å². The Hall–Kier alpha value is -1.08. The van der Waals surface area contributed by atoms with Gasteiger partial charge in [0.2, 0.25) is 0 Å². The summed E-state index contributed by atoms with van der Waals surface area (Å²) >= 11 is 5.00. The van der Waals surface area contributed by atoms with Crippen molar-refractivity contribution in [2.75, 3.05) is 13.2 Å². The van der Waals surface area contributed by atoms with Gasteiger partial charge in [-0.2, -0.15) is 0 Å². The first-order valence-electron chi connectivity index (χ1n) is 6.01. The summed E-state index contributed by atoms with van der Waals surface area (Å²) < 4.78 is 10.5. The third-order valence-corrected chi connectivity index (χ3v) is 2.44. The normalized spacial score (nSPS) is 19.2. The lowest BCUT2D eigenvalue weighted by atomic mass is 10.2. The van der Waals surface area contributed by atoms with Crippen LogP contribution < -0.4 is 16.2 Å². The Kier molecular flexibility index (Phi) is 5.61. The molecule has 6 nitrogen and oxygen atoms in total. The Labute approximate surface area is 113 Å². The Morgan fingerprint density at radius 1 is 1.44 bits per heavy atom. The van der Waals surface area contributed by atoms with Gasteiger partial charge in [0.15, 0.2) is 5.11 Å². The van der Waals surface area contributed by atoms with Crippen LogP contribution in [0.4, 0.5) is 4.79 Å². The van der Waals surface area contributed by atoms with E-state index in [1.807, 2.05) is 0 Å². The molecular weight excluding hydrogens is 254 g/mol. The summed E-state index contributed by atoms with van der Waals surface area (Å²) in [5.74, 6) is 0. The van der Waals surface area contributed by atoms with Crippen LogP contribution in [0.5, 0.6) is 0 Å². The van der Waals surface area contributed by atoms with E-state index in [2.05, 4.69) is 16.2 Å². The zero-order valence-electron chi connectivity index (χ0n) is 11.0. The first-order chi connectivity index (χ1) is 8.37. The number of carbonyl (C=O) groups is 1. The highest BCUT2D eigenvalue weighted by Gasteiger charge is 2.17. The average Bonchev–Trinajstić information content (AvgIpc) is 2.74. The third-order valence-electron chi connectivity index (χ3n) is 2.19. The van der Waals surface area contributed by atoms with E-state index >= 15 is 0 Å². The molecule has 18 heavy (non-hydrogen) atoms. The lowest BCUT2D eigenvalue weighted by Gasteiger charge is -2.20. The number of amides is 1. The molecule has 104 valence electrons. The topological polar surface area (TPSA) is 71.6 Å². The molecule has 1 amide bonds. The fourth-order valence-electron chi connectivity index (χ4n) is 1.47. The summed E-state index contributed by atoms with van der Waals surface area (Å²) in [7, 11) is 0. The molecule has 1 fully saturated rings. The maximum absolute atomic E-state index is 11.3. The summed E-state index contributed by atoms with van der Waals surface area (Å²) in [4.78, 5) is 11.3. The fourth-order valence-corrected chi connectivity index (χ4v) is 1.60. The van der Waals surface area contributed by atoms with Gasteiger partial charge < -0.3 is 14.8 Å². The van der Waals surface area contributed by atoms with Gasteiger partial charge in [-0.3, -0.25) is 5.43 Å². The predicted molar refractivity (Wildman–Crippen MR) is 72.1 cm³/mol. The minimum Gasteiger partial charge on any atom is -0.443 e. The Morgan fingerprint density at radius 3 is 2.72 bits per heavy atom. The van der Waals surface area contributed by atoms with E-state index in [0.29, 0.717) is 11.7 Å². The Balaban J connectivity index is 2.10. The molecule has 1 aliphatic heterocycles. The number of hydrazine groups is 1. The molecule has 0 aliphatic carbocycles. The van der Waals surface area contributed by atoms with E-state index in [9.17, 15) is 4.79 Å². The van der Waals surface area contributed by atoms with Crippen LogP contribution in [-0.4, -0.2) is 36.1 Å². The minimum atomic E-state index is -0.566. The quantitative estimate of drug-likeness (QED) is 0.517. The second kappa shape index (κ2) is 6.75. The smallest absolute Gasteiger partial charge is 0.426 e. The minimum absolute atomic E-state index is 0.200. The first-order valence-corrected chi connectivity index (χ1v) is 6.42. The molecule has 0 aromatic rings. The molecule has 0 aromatic carbocycles. The summed E-state index contributed by atoms with van der Waals surface area (Å²) in [6.45, 7) is 6.83. The number of hydrogen-bond acceptors (Lipinski definition) is 4. The molecule has 0 aromatic heterocycles. The number of thiocarbonyl (C=S) groups is 1. The Bertz CT molecular complexity index is 298. The zero-order valence-corrected chi connectivity index (χ0v) is 11.9. The molecular formula is C11H21N3O3S. The van der Waals surface area contributed by atoms with Crippen molar-refractivity contribution in [3.05, 3.63) is 0 Å². The van der Waals surface area contributed by atoms with Crippen LogP contribution >= 0.6 is 12.2 Å². The fraction of sp³-hybridized carbons (Fsp3) is 0.818. The highest BCUT2D eigenvalue weighted by atomic mass is 32.1. The van der Waals surface area contributed by atoms with Crippen molar-refractivity contribution in [1.82, 2.24) is 16.2 Å². The number of hydrogen-bond donors (Lipinski definition) is 3. The largest absolute Gasteiger partial charge is 0.443 e. The lowest BCUT2D eigenvalue weighted by Crippen LogP contribution is -2.49. The van der Waals surface area contributed by atoms with Gasteiger partial charge in [-0.15, -0.1) is 0 Å². The summed E-state index contributed by atoms with van der Waals surface area (Å²) in [5, 5.41) is 3.31. The second-order valence-electron chi connectivity index (χ2n) is 5.10. The molecule has 0 unspecified atom stereocenters. The molecule has 1 rings (SSSR count). The van der Waals surface area contributed by atoms with Crippen LogP contribution in [0, 0.1) is 0 Å². The van der Waals surface area contributed by atoms with Gasteiger partial charge >= 0.3 is 6.09 Å². The zero-order chi connectivity index (χ0) is 13.6. The summed E-state index contributed by atoms with van der Waals surface area (Å²) in [6.07, 6.45) is 1.76. The molecule has 1 aliphatic rings. The van der Waals surface area contributed by atoms with Crippen LogP contribution in [-0.2, 0) is 9.47 Å². The van der Waals surface area contributed by atoms with Crippen LogP contribution in [0.1, 0.15) is 33.6 Å². The number of nitrogens with one attached hydrogen (secondary N) is 3. The van der Waals surface area contributed by atoms with Crippen LogP contribution in [0.3, 0.4) is 0 Å². The SMILES string of the molecule is CC(C)(C)OC(=O)NNC(=S)NC[C@H]1CCCO1. The van der Waals surface area contributed by atoms with Crippen molar-refractivity contribution in [2.45, 2.75) is 45.3 Å². The maximum atomic E-state index is 11.3. The molecule has 1 atom stereocenters. The van der Waals surface area contributed by atoms with Gasteiger partial charge in [0.05, 0.1) is 6.10 Å². The van der Waals surface area contributed by atoms with E-state index < -0.39 is 11.7 Å². The first kappa shape index (κ1) is 15.0. The predicted octanol–water partition coefficient (Wildman–Crippen LogP) is 1.07. The van der Waals surface area contributed by atoms with Crippen molar-refractivity contribution >= 4 is 23.4 Å². The van der Waals surface area contributed by atoms with E-state index in [-0.39, 0.29) is 6.10 Å².